The van der Waals surface area contributed by atoms with Crippen LogP contribution in [0.25, 0.3) is 11.1 Å². The van der Waals surface area contributed by atoms with Crippen LogP contribution in [-0.2, 0) is 0 Å². The summed E-state index contributed by atoms with van der Waals surface area (Å²) < 4.78 is 13.9. The van der Waals surface area contributed by atoms with Gasteiger partial charge in [-0.3, -0.25) is 4.90 Å². The first-order valence-corrected chi connectivity index (χ1v) is 7.94. The number of benzene rings is 2. The lowest BCUT2D eigenvalue weighted by Crippen LogP contribution is -2.23. The molecule has 1 N–H and O–H groups in total. The molecule has 1 heterocycles. The Morgan fingerprint density at radius 2 is 1.87 bits per heavy atom. The first-order valence-electron chi connectivity index (χ1n) is 7.94. The summed E-state index contributed by atoms with van der Waals surface area (Å²) >= 11 is 0. The van der Waals surface area contributed by atoms with Gasteiger partial charge in [0.05, 0.1) is 0 Å². The Balaban J connectivity index is 2.00. The van der Waals surface area contributed by atoms with Crippen LogP contribution in [0.2, 0.25) is 0 Å². The highest BCUT2D eigenvalue weighted by Gasteiger charge is 2.21. The SMILES string of the molecule is CC(c1cccc(-c2cccc(F)c2C(=O)O)c1)N1CCCC1. The average molecular weight is 313 g/mol. The minimum absolute atomic E-state index is 0.265. The van der Waals surface area contributed by atoms with Crippen molar-refractivity contribution in [1.82, 2.24) is 4.90 Å². The van der Waals surface area contributed by atoms with E-state index >= 15 is 0 Å². The molecule has 1 atom stereocenters. The molecule has 1 aliphatic heterocycles. The van der Waals surface area contributed by atoms with E-state index in [1.54, 1.807) is 12.1 Å². The fourth-order valence-corrected chi connectivity index (χ4v) is 3.29. The van der Waals surface area contributed by atoms with Crippen molar-refractivity contribution in [2.24, 2.45) is 0 Å². The topological polar surface area (TPSA) is 40.5 Å². The van der Waals surface area contributed by atoms with Crippen molar-refractivity contribution in [2.75, 3.05) is 13.1 Å². The molecule has 23 heavy (non-hydrogen) atoms. The number of nitrogens with zero attached hydrogens (tertiary/aromatic N) is 1. The van der Waals surface area contributed by atoms with Crippen LogP contribution in [0.3, 0.4) is 0 Å². The molecule has 0 spiro atoms. The standard InChI is InChI=1S/C19H20FNO2/c1-13(21-10-2-3-11-21)14-6-4-7-15(12-14)16-8-5-9-17(20)18(16)19(22)23/h4-9,12-13H,2-3,10-11H2,1H3,(H,22,23). The van der Waals surface area contributed by atoms with Crippen molar-refractivity contribution < 1.29 is 14.3 Å². The van der Waals surface area contributed by atoms with Crippen molar-refractivity contribution in [1.29, 1.82) is 0 Å². The zero-order valence-corrected chi connectivity index (χ0v) is 13.1. The van der Waals surface area contributed by atoms with E-state index in [1.807, 2.05) is 24.3 Å². The average Bonchev–Trinajstić information content (AvgIpc) is 3.08. The highest BCUT2D eigenvalue weighted by molar-refractivity contribution is 5.96. The van der Waals surface area contributed by atoms with Gasteiger partial charge in [0.1, 0.15) is 11.4 Å². The number of carboxylic acids is 1. The molecule has 0 radical (unpaired) electrons. The van der Waals surface area contributed by atoms with Gasteiger partial charge >= 0.3 is 5.97 Å². The fourth-order valence-electron chi connectivity index (χ4n) is 3.29. The molecular weight excluding hydrogens is 293 g/mol. The summed E-state index contributed by atoms with van der Waals surface area (Å²) in [5.41, 5.74) is 2.03. The number of carbonyl (C=O) groups is 1. The lowest BCUT2D eigenvalue weighted by molar-refractivity contribution is 0.0693. The van der Waals surface area contributed by atoms with Crippen LogP contribution < -0.4 is 0 Å². The molecule has 2 aromatic carbocycles. The van der Waals surface area contributed by atoms with Crippen LogP contribution in [0.15, 0.2) is 42.5 Å². The Bertz CT molecular complexity index is 723. The lowest BCUT2D eigenvalue weighted by atomic mass is 9.96. The fraction of sp³-hybridized carbons (Fsp3) is 0.316. The van der Waals surface area contributed by atoms with Gasteiger partial charge in [-0.05, 0) is 61.7 Å². The summed E-state index contributed by atoms with van der Waals surface area (Å²) in [5.74, 6) is -1.94. The van der Waals surface area contributed by atoms with Gasteiger partial charge in [0.25, 0.3) is 0 Å². The molecule has 0 saturated carbocycles. The van der Waals surface area contributed by atoms with Crippen LogP contribution in [0.1, 0.15) is 41.7 Å². The van der Waals surface area contributed by atoms with Crippen LogP contribution in [-0.4, -0.2) is 29.1 Å². The van der Waals surface area contributed by atoms with Gasteiger partial charge < -0.3 is 5.11 Å². The zero-order chi connectivity index (χ0) is 16.4. The van der Waals surface area contributed by atoms with Crippen molar-refractivity contribution in [3.63, 3.8) is 0 Å². The predicted molar refractivity (Wildman–Crippen MR) is 88.0 cm³/mol. The predicted octanol–water partition coefficient (Wildman–Crippen LogP) is 4.35. The number of likely N-dealkylation sites (tertiary alicyclic amines) is 1. The van der Waals surface area contributed by atoms with E-state index in [1.165, 1.54) is 18.9 Å². The highest BCUT2D eigenvalue weighted by Crippen LogP contribution is 2.30. The first-order chi connectivity index (χ1) is 11.1. The molecule has 4 heteroatoms. The first kappa shape index (κ1) is 15.7. The van der Waals surface area contributed by atoms with Gasteiger partial charge in [0.2, 0.25) is 0 Å². The maximum absolute atomic E-state index is 13.9. The maximum Gasteiger partial charge on any atom is 0.339 e. The number of aromatic carboxylic acids is 1. The molecule has 1 saturated heterocycles. The third-order valence-electron chi connectivity index (χ3n) is 4.60. The summed E-state index contributed by atoms with van der Waals surface area (Å²) in [5, 5.41) is 9.31. The van der Waals surface area contributed by atoms with Gasteiger partial charge in [-0.25, -0.2) is 9.18 Å². The Kier molecular flexibility index (Phi) is 4.44. The quantitative estimate of drug-likeness (QED) is 0.912. The van der Waals surface area contributed by atoms with E-state index in [0.29, 0.717) is 5.56 Å². The molecule has 0 aliphatic carbocycles. The lowest BCUT2D eigenvalue weighted by Gasteiger charge is -2.24. The molecule has 2 aromatic rings. The third kappa shape index (κ3) is 3.13. The summed E-state index contributed by atoms with van der Waals surface area (Å²) in [6.07, 6.45) is 2.44. The van der Waals surface area contributed by atoms with E-state index in [4.69, 9.17) is 0 Å². The van der Waals surface area contributed by atoms with Crippen LogP contribution >= 0.6 is 0 Å². The van der Waals surface area contributed by atoms with Crippen molar-refractivity contribution in [2.45, 2.75) is 25.8 Å². The molecule has 3 nitrogen and oxygen atoms in total. The highest BCUT2D eigenvalue weighted by atomic mass is 19.1. The third-order valence-corrected chi connectivity index (χ3v) is 4.60. The van der Waals surface area contributed by atoms with Gasteiger partial charge in [-0.15, -0.1) is 0 Å². The number of carboxylic acid groups (broad SMARTS) is 1. The molecule has 0 aromatic heterocycles. The van der Waals surface area contributed by atoms with Crippen molar-refractivity contribution in [3.8, 4) is 11.1 Å². The Morgan fingerprint density at radius 1 is 1.17 bits per heavy atom. The zero-order valence-electron chi connectivity index (χ0n) is 13.1. The molecule has 1 fully saturated rings. The van der Waals surface area contributed by atoms with E-state index in [9.17, 15) is 14.3 Å². The second kappa shape index (κ2) is 6.50. The number of hydrogen-bond donors (Lipinski definition) is 1. The number of hydrogen-bond acceptors (Lipinski definition) is 2. The monoisotopic (exact) mass is 313 g/mol. The second-order valence-electron chi connectivity index (χ2n) is 6.01. The van der Waals surface area contributed by atoms with Crippen LogP contribution in [0.4, 0.5) is 4.39 Å². The van der Waals surface area contributed by atoms with Gasteiger partial charge in [-0.2, -0.15) is 0 Å². The number of halogens is 1. The molecule has 120 valence electrons. The Hall–Kier alpha value is -2.20. The minimum Gasteiger partial charge on any atom is -0.478 e. The summed E-state index contributed by atoms with van der Waals surface area (Å²) in [6.45, 7) is 4.34. The molecular formula is C19H20FNO2. The molecule has 3 rings (SSSR count). The molecule has 0 amide bonds. The van der Waals surface area contributed by atoms with E-state index < -0.39 is 11.8 Å². The van der Waals surface area contributed by atoms with E-state index in [0.717, 1.165) is 24.2 Å². The van der Waals surface area contributed by atoms with E-state index in [-0.39, 0.29) is 11.6 Å². The molecule has 1 unspecified atom stereocenters. The van der Waals surface area contributed by atoms with Gasteiger partial charge in [-0.1, -0.05) is 30.3 Å². The minimum atomic E-state index is -1.24. The molecule has 1 aliphatic rings. The normalized spacial score (nSPS) is 16.4. The van der Waals surface area contributed by atoms with Crippen molar-refractivity contribution >= 4 is 5.97 Å². The number of rotatable bonds is 4. The smallest absolute Gasteiger partial charge is 0.339 e. The van der Waals surface area contributed by atoms with Crippen LogP contribution in [0.5, 0.6) is 0 Å². The summed E-state index contributed by atoms with van der Waals surface area (Å²) in [7, 11) is 0. The largest absolute Gasteiger partial charge is 0.478 e. The Morgan fingerprint density at radius 3 is 2.57 bits per heavy atom. The Labute approximate surface area is 135 Å². The van der Waals surface area contributed by atoms with Gasteiger partial charge in [0.15, 0.2) is 0 Å². The molecule has 0 bridgehead atoms. The summed E-state index contributed by atoms with van der Waals surface area (Å²) in [6, 6.07) is 12.4. The van der Waals surface area contributed by atoms with Crippen molar-refractivity contribution in [3.05, 3.63) is 59.4 Å². The van der Waals surface area contributed by atoms with E-state index in [2.05, 4.69) is 11.8 Å². The van der Waals surface area contributed by atoms with Crippen LogP contribution in [0, 0.1) is 5.82 Å². The summed E-state index contributed by atoms with van der Waals surface area (Å²) in [4.78, 5) is 13.8. The second-order valence-corrected chi connectivity index (χ2v) is 6.01. The maximum atomic E-state index is 13.9. The van der Waals surface area contributed by atoms with Gasteiger partial charge in [0, 0.05) is 6.04 Å².